The lowest BCUT2D eigenvalue weighted by Gasteiger charge is -2.24. The van der Waals surface area contributed by atoms with Crippen molar-refractivity contribution in [3.05, 3.63) is 130 Å². The van der Waals surface area contributed by atoms with Gasteiger partial charge in [-0.3, -0.25) is 9.52 Å². The minimum atomic E-state index is -4.01. The van der Waals surface area contributed by atoms with Gasteiger partial charge in [0.05, 0.1) is 5.02 Å². The van der Waals surface area contributed by atoms with Crippen molar-refractivity contribution < 1.29 is 13.2 Å². The molecule has 1 amide bonds. The second-order valence-electron chi connectivity index (χ2n) is 8.25. The number of sulfonamides is 1. The topological polar surface area (TPSA) is 66.5 Å². The van der Waals surface area contributed by atoms with Gasteiger partial charge in [-0.25, -0.2) is 8.42 Å². The Kier molecular flexibility index (Phi) is 7.54. The molecule has 178 valence electrons. The van der Waals surface area contributed by atoms with Crippen LogP contribution in [0.1, 0.15) is 27.0 Å². The molecule has 0 aliphatic carbocycles. The van der Waals surface area contributed by atoms with Crippen molar-refractivity contribution in [1.29, 1.82) is 0 Å². The Balaban J connectivity index is 1.65. The van der Waals surface area contributed by atoms with Crippen LogP contribution in [0.25, 0.3) is 0 Å². The number of rotatable bonds is 8. The third-order valence-corrected chi connectivity index (χ3v) is 7.35. The normalized spacial score (nSPS) is 11.1. The van der Waals surface area contributed by atoms with Crippen molar-refractivity contribution >= 4 is 33.2 Å². The lowest BCUT2D eigenvalue weighted by Crippen LogP contribution is -2.30. The first kappa shape index (κ1) is 24.5. The Morgan fingerprint density at radius 1 is 0.800 bits per heavy atom. The van der Waals surface area contributed by atoms with E-state index < -0.39 is 10.0 Å². The average Bonchev–Trinajstić information content (AvgIpc) is 2.86. The third-order valence-electron chi connectivity index (χ3n) is 5.49. The number of nitrogens with one attached hydrogen (secondary N) is 1. The number of anilines is 1. The van der Waals surface area contributed by atoms with Gasteiger partial charge in [0.2, 0.25) is 0 Å². The standard InChI is InChI=1S/C28H25ClN2O3S/c1-21-12-15-25(16-13-21)30-35(33,34)27-18-24(14-17-26(27)29)28(32)31(19-22-8-4-2-5-9-22)20-23-10-6-3-7-11-23/h2-18,30H,19-20H2,1H3. The molecule has 0 radical (unpaired) electrons. The molecular formula is C28H25ClN2O3S. The Labute approximate surface area is 211 Å². The maximum Gasteiger partial charge on any atom is 0.263 e. The van der Waals surface area contributed by atoms with Crippen LogP contribution in [-0.2, 0) is 23.1 Å². The molecule has 0 saturated heterocycles. The van der Waals surface area contributed by atoms with Gasteiger partial charge in [0.1, 0.15) is 4.90 Å². The lowest BCUT2D eigenvalue weighted by atomic mass is 10.1. The molecule has 1 N–H and O–H groups in total. The van der Waals surface area contributed by atoms with Crippen LogP contribution >= 0.6 is 11.6 Å². The minimum absolute atomic E-state index is 0.0406. The van der Waals surface area contributed by atoms with E-state index in [2.05, 4.69) is 4.72 Å². The zero-order valence-electron chi connectivity index (χ0n) is 19.2. The maximum atomic E-state index is 13.6. The number of amides is 1. The number of aryl methyl sites for hydroxylation is 1. The van der Waals surface area contributed by atoms with Gasteiger partial charge in [-0.2, -0.15) is 0 Å². The van der Waals surface area contributed by atoms with Gasteiger partial charge < -0.3 is 4.90 Å². The highest BCUT2D eigenvalue weighted by molar-refractivity contribution is 7.92. The summed E-state index contributed by atoms with van der Waals surface area (Å²) >= 11 is 6.27. The van der Waals surface area contributed by atoms with Crippen molar-refractivity contribution in [3.63, 3.8) is 0 Å². The summed E-state index contributed by atoms with van der Waals surface area (Å²) in [5.41, 5.74) is 3.61. The highest BCUT2D eigenvalue weighted by atomic mass is 35.5. The predicted molar refractivity (Wildman–Crippen MR) is 140 cm³/mol. The summed E-state index contributed by atoms with van der Waals surface area (Å²) in [6.07, 6.45) is 0. The molecule has 0 atom stereocenters. The fraction of sp³-hybridized carbons (Fsp3) is 0.107. The van der Waals surface area contributed by atoms with E-state index in [1.54, 1.807) is 23.1 Å². The molecule has 7 heteroatoms. The highest BCUT2D eigenvalue weighted by Gasteiger charge is 2.23. The number of benzene rings is 4. The van der Waals surface area contributed by atoms with E-state index in [9.17, 15) is 13.2 Å². The average molecular weight is 505 g/mol. The first-order chi connectivity index (χ1) is 16.8. The molecule has 0 spiro atoms. The smallest absolute Gasteiger partial charge is 0.263 e. The molecule has 0 aromatic heterocycles. The van der Waals surface area contributed by atoms with Crippen LogP contribution in [0.2, 0.25) is 5.02 Å². The molecule has 4 aromatic carbocycles. The molecule has 0 fully saturated rings. The SMILES string of the molecule is Cc1ccc(NS(=O)(=O)c2cc(C(=O)N(Cc3ccccc3)Cc3ccccc3)ccc2Cl)cc1. The Morgan fingerprint density at radius 2 is 1.34 bits per heavy atom. The fourth-order valence-corrected chi connectivity index (χ4v) is 5.25. The van der Waals surface area contributed by atoms with Gasteiger partial charge >= 0.3 is 0 Å². The van der Waals surface area contributed by atoms with Gasteiger partial charge in [0.25, 0.3) is 15.9 Å². The van der Waals surface area contributed by atoms with Crippen molar-refractivity contribution in [2.75, 3.05) is 4.72 Å². The highest BCUT2D eigenvalue weighted by Crippen LogP contribution is 2.26. The van der Waals surface area contributed by atoms with E-state index >= 15 is 0 Å². The first-order valence-electron chi connectivity index (χ1n) is 11.1. The molecule has 0 aliphatic rings. The largest absolute Gasteiger partial charge is 0.330 e. The number of hydrogen-bond donors (Lipinski definition) is 1. The fourth-order valence-electron chi connectivity index (χ4n) is 3.66. The summed E-state index contributed by atoms with van der Waals surface area (Å²) < 4.78 is 28.8. The van der Waals surface area contributed by atoms with Crippen molar-refractivity contribution in [2.24, 2.45) is 0 Å². The summed E-state index contributed by atoms with van der Waals surface area (Å²) in [6.45, 7) is 2.67. The van der Waals surface area contributed by atoms with Crippen molar-refractivity contribution in [1.82, 2.24) is 4.90 Å². The van der Waals surface area contributed by atoms with E-state index in [0.29, 0.717) is 18.8 Å². The summed E-state index contributed by atoms with van der Waals surface area (Å²) in [4.78, 5) is 15.2. The molecule has 0 bridgehead atoms. The van der Waals surface area contributed by atoms with Crippen LogP contribution in [-0.4, -0.2) is 19.2 Å². The van der Waals surface area contributed by atoms with Gasteiger partial charge in [-0.15, -0.1) is 0 Å². The minimum Gasteiger partial charge on any atom is -0.330 e. The molecule has 0 saturated carbocycles. The molecule has 35 heavy (non-hydrogen) atoms. The number of nitrogens with zero attached hydrogens (tertiary/aromatic N) is 1. The van der Waals surface area contributed by atoms with Crippen LogP contribution in [0.3, 0.4) is 0 Å². The molecule has 0 aliphatic heterocycles. The number of carbonyl (C=O) groups is 1. The molecular weight excluding hydrogens is 480 g/mol. The second-order valence-corrected chi connectivity index (χ2v) is 10.3. The molecule has 5 nitrogen and oxygen atoms in total. The summed E-state index contributed by atoms with van der Waals surface area (Å²) in [7, 11) is -4.01. The second kappa shape index (κ2) is 10.8. The van der Waals surface area contributed by atoms with E-state index in [1.165, 1.54) is 12.1 Å². The van der Waals surface area contributed by atoms with E-state index in [1.807, 2.05) is 79.7 Å². The van der Waals surface area contributed by atoms with Gasteiger partial charge in [0.15, 0.2) is 0 Å². The van der Waals surface area contributed by atoms with Crippen LogP contribution in [0.4, 0.5) is 5.69 Å². The van der Waals surface area contributed by atoms with E-state index in [0.717, 1.165) is 16.7 Å². The van der Waals surface area contributed by atoms with Crippen molar-refractivity contribution in [2.45, 2.75) is 24.9 Å². The third kappa shape index (κ3) is 6.29. The van der Waals surface area contributed by atoms with E-state index in [-0.39, 0.29) is 21.4 Å². The molecule has 0 heterocycles. The van der Waals surface area contributed by atoms with Gasteiger partial charge in [0, 0.05) is 24.3 Å². The number of carbonyl (C=O) groups excluding carboxylic acids is 1. The monoisotopic (exact) mass is 504 g/mol. The summed E-state index contributed by atoms with van der Waals surface area (Å²) in [5.74, 6) is -0.291. The summed E-state index contributed by atoms with van der Waals surface area (Å²) in [5, 5.41) is 0.0406. The Hall–Kier alpha value is -3.61. The maximum absolute atomic E-state index is 13.6. The van der Waals surface area contributed by atoms with Crippen LogP contribution in [0.5, 0.6) is 0 Å². The van der Waals surface area contributed by atoms with Crippen LogP contribution in [0, 0.1) is 6.92 Å². The zero-order valence-corrected chi connectivity index (χ0v) is 20.8. The molecule has 4 aromatic rings. The lowest BCUT2D eigenvalue weighted by molar-refractivity contribution is 0.0730. The van der Waals surface area contributed by atoms with Gasteiger partial charge in [-0.1, -0.05) is 90.0 Å². The first-order valence-corrected chi connectivity index (χ1v) is 12.9. The zero-order chi connectivity index (χ0) is 24.8. The Bertz CT molecular complexity index is 1370. The number of hydrogen-bond acceptors (Lipinski definition) is 3. The number of halogens is 1. The summed E-state index contributed by atoms with van der Waals surface area (Å²) in [6, 6.07) is 30.7. The van der Waals surface area contributed by atoms with Crippen molar-refractivity contribution in [3.8, 4) is 0 Å². The van der Waals surface area contributed by atoms with Crippen LogP contribution < -0.4 is 4.72 Å². The van der Waals surface area contributed by atoms with Gasteiger partial charge in [-0.05, 0) is 48.4 Å². The Morgan fingerprint density at radius 3 is 1.89 bits per heavy atom. The molecule has 0 unspecified atom stereocenters. The van der Waals surface area contributed by atoms with Crippen LogP contribution in [0.15, 0.2) is 108 Å². The predicted octanol–water partition coefficient (Wildman–Crippen LogP) is 6.29. The van der Waals surface area contributed by atoms with E-state index in [4.69, 9.17) is 11.6 Å². The quantitative estimate of drug-likeness (QED) is 0.306. The molecule has 4 rings (SSSR count).